The SMILES string of the molecule is O=P([O-])([O-])Oc1cccc2n[nH]nc12.[Na+].[Na+]. The van der Waals surface area contributed by atoms with Crippen LogP contribution >= 0.6 is 7.82 Å². The second kappa shape index (κ2) is 6.49. The molecule has 7 nitrogen and oxygen atoms in total. The number of phosphoric acid groups is 1. The summed E-state index contributed by atoms with van der Waals surface area (Å²) >= 11 is 0. The van der Waals surface area contributed by atoms with Crippen LogP contribution in [0.15, 0.2) is 18.2 Å². The summed E-state index contributed by atoms with van der Waals surface area (Å²) in [4.78, 5) is 20.7. The van der Waals surface area contributed by atoms with Gasteiger partial charge in [-0.2, -0.15) is 15.4 Å². The number of H-pyrrole nitrogens is 1. The Balaban J connectivity index is 0.00000112. The van der Waals surface area contributed by atoms with E-state index in [-0.39, 0.29) is 70.4 Å². The van der Waals surface area contributed by atoms with Crippen molar-refractivity contribution in [3.05, 3.63) is 18.2 Å². The molecule has 0 fully saturated rings. The summed E-state index contributed by atoms with van der Waals surface area (Å²) in [6, 6.07) is 4.44. The van der Waals surface area contributed by atoms with Gasteiger partial charge in [0.05, 0.1) is 0 Å². The monoisotopic (exact) mass is 259 g/mol. The molecule has 0 aliphatic heterocycles. The maximum atomic E-state index is 10.4. The van der Waals surface area contributed by atoms with Gasteiger partial charge in [0.25, 0.3) is 0 Å². The summed E-state index contributed by atoms with van der Waals surface area (Å²) in [6.07, 6.45) is 0. The minimum Gasteiger partial charge on any atom is -0.780 e. The molecule has 2 rings (SSSR count). The third-order valence-electron chi connectivity index (χ3n) is 1.52. The van der Waals surface area contributed by atoms with E-state index in [0.29, 0.717) is 5.52 Å². The molecule has 10 heteroatoms. The van der Waals surface area contributed by atoms with Gasteiger partial charge in [0.2, 0.25) is 0 Å². The number of nitrogens with one attached hydrogen (secondary N) is 1. The number of hydrogen-bond donors (Lipinski definition) is 1. The largest absolute Gasteiger partial charge is 1.00 e. The molecule has 16 heavy (non-hydrogen) atoms. The second-order valence-electron chi connectivity index (χ2n) is 2.49. The summed E-state index contributed by atoms with van der Waals surface area (Å²) in [5.41, 5.74) is 0.635. The van der Waals surface area contributed by atoms with Crippen molar-refractivity contribution in [2.45, 2.75) is 0 Å². The van der Waals surface area contributed by atoms with Gasteiger partial charge >= 0.3 is 59.1 Å². The van der Waals surface area contributed by atoms with E-state index in [0.717, 1.165) is 0 Å². The average Bonchev–Trinajstić information content (AvgIpc) is 2.49. The van der Waals surface area contributed by atoms with Gasteiger partial charge in [-0.3, -0.25) is 0 Å². The van der Waals surface area contributed by atoms with Gasteiger partial charge in [0, 0.05) is 0 Å². The van der Waals surface area contributed by atoms with E-state index in [1.807, 2.05) is 0 Å². The molecule has 0 saturated carbocycles. The van der Waals surface area contributed by atoms with Gasteiger partial charge in [-0.05, 0) is 12.1 Å². The van der Waals surface area contributed by atoms with E-state index in [1.165, 1.54) is 12.1 Å². The van der Waals surface area contributed by atoms with Crippen molar-refractivity contribution in [1.29, 1.82) is 0 Å². The first-order chi connectivity index (χ1) is 6.56. The maximum Gasteiger partial charge on any atom is 1.00 e. The van der Waals surface area contributed by atoms with Crippen molar-refractivity contribution in [3.63, 3.8) is 0 Å². The fourth-order valence-corrected chi connectivity index (χ4v) is 1.42. The van der Waals surface area contributed by atoms with Gasteiger partial charge in [0.1, 0.15) is 13.3 Å². The summed E-state index contributed by atoms with van der Waals surface area (Å²) in [6.45, 7) is 0. The molecule has 74 valence electrons. The number of aromatic nitrogens is 3. The molecule has 0 spiro atoms. The van der Waals surface area contributed by atoms with Crippen LogP contribution in [-0.4, -0.2) is 15.4 Å². The molecule has 0 unspecified atom stereocenters. The zero-order valence-corrected chi connectivity index (χ0v) is 13.6. The minimum absolute atomic E-state index is 0. The number of fused-ring (bicyclic) bond motifs is 1. The number of nitrogens with zero attached hydrogens (tertiary/aromatic N) is 2. The Morgan fingerprint density at radius 3 is 2.56 bits per heavy atom. The first-order valence-electron chi connectivity index (χ1n) is 3.57. The van der Waals surface area contributed by atoms with Crippen LogP contribution in [0.5, 0.6) is 5.75 Å². The summed E-state index contributed by atoms with van der Waals surface area (Å²) in [5, 5.41) is 9.63. The van der Waals surface area contributed by atoms with Crippen molar-refractivity contribution in [1.82, 2.24) is 15.4 Å². The molecule has 2 aromatic rings. The molecule has 0 atom stereocenters. The first-order valence-corrected chi connectivity index (χ1v) is 5.03. The molecule has 0 saturated heterocycles. The predicted molar refractivity (Wildman–Crippen MR) is 42.1 cm³/mol. The molecular formula is C6H4N3Na2O4P. The van der Waals surface area contributed by atoms with Crippen LogP contribution in [0.1, 0.15) is 0 Å². The van der Waals surface area contributed by atoms with Crippen LogP contribution in [-0.2, 0) is 4.57 Å². The maximum absolute atomic E-state index is 10.4. The van der Waals surface area contributed by atoms with Crippen LogP contribution < -0.4 is 73.4 Å². The summed E-state index contributed by atoms with van der Waals surface area (Å²) < 4.78 is 14.6. The van der Waals surface area contributed by atoms with E-state index in [1.54, 1.807) is 6.07 Å². The van der Waals surface area contributed by atoms with Gasteiger partial charge in [0.15, 0.2) is 11.3 Å². The molecule has 0 aliphatic rings. The average molecular weight is 259 g/mol. The van der Waals surface area contributed by atoms with E-state index in [2.05, 4.69) is 19.9 Å². The standard InChI is InChI=1S/C6H6N3O4P.2Na/c10-14(11,12)13-5-3-1-2-4-6(5)8-9-7-4;;/h1-3H,(H,7,8,9)(H2,10,11,12);;/q;2*+1/p-2. The van der Waals surface area contributed by atoms with Gasteiger partial charge in [-0.25, -0.2) is 0 Å². The summed E-state index contributed by atoms with van der Waals surface area (Å²) in [7, 11) is -5.05. The van der Waals surface area contributed by atoms with Crippen LogP contribution in [0.2, 0.25) is 0 Å². The van der Waals surface area contributed by atoms with E-state index in [9.17, 15) is 14.4 Å². The molecule has 1 heterocycles. The van der Waals surface area contributed by atoms with Crippen molar-refractivity contribution in [2.75, 3.05) is 0 Å². The van der Waals surface area contributed by atoms with Gasteiger partial charge in [-0.1, -0.05) is 6.07 Å². The number of rotatable bonds is 2. The van der Waals surface area contributed by atoms with Gasteiger partial charge < -0.3 is 18.9 Å². The van der Waals surface area contributed by atoms with Crippen molar-refractivity contribution in [3.8, 4) is 5.75 Å². The number of para-hydroxylation sites is 1. The zero-order valence-electron chi connectivity index (χ0n) is 8.71. The third kappa shape index (κ3) is 4.10. The fourth-order valence-electron chi connectivity index (χ4n) is 1.04. The topological polar surface area (TPSA) is 114 Å². The number of aromatic amines is 1. The van der Waals surface area contributed by atoms with Crippen LogP contribution in [0, 0.1) is 0 Å². The zero-order chi connectivity index (χ0) is 10.2. The molecule has 0 amide bonds. The quantitative estimate of drug-likeness (QED) is 0.423. The minimum atomic E-state index is -5.05. The smallest absolute Gasteiger partial charge is 0.780 e. The Hall–Kier alpha value is 0.570. The van der Waals surface area contributed by atoms with Crippen LogP contribution in [0.4, 0.5) is 0 Å². The second-order valence-corrected chi connectivity index (χ2v) is 3.56. The molecular weight excluding hydrogens is 255 g/mol. The first kappa shape index (κ1) is 16.6. The van der Waals surface area contributed by atoms with Crippen molar-refractivity contribution < 1.29 is 78.0 Å². The molecule has 0 bridgehead atoms. The fraction of sp³-hybridized carbons (Fsp3) is 0. The van der Waals surface area contributed by atoms with E-state index < -0.39 is 7.82 Å². The third-order valence-corrected chi connectivity index (χ3v) is 1.94. The Morgan fingerprint density at radius 2 is 1.94 bits per heavy atom. The Labute approximate surface area is 135 Å². The summed E-state index contributed by atoms with van der Waals surface area (Å²) in [5.74, 6) is -0.121. The van der Waals surface area contributed by atoms with E-state index in [4.69, 9.17) is 0 Å². The molecule has 0 aliphatic carbocycles. The van der Waals surface area contributed by atoms with Crippen LogP contribution in [0.3, 0.4) is 0 Å². The Kier molecular flexibility index (Phi) is 6.72. The number of hydrogen-bond acceptors (Lipinski definition) is 6. The van der Waals surface area contributed by atoms with Crippen molar-refractivity contribution >= 4 is 18.9 Å². The van der Waals surface area contributed by atoms with E-state index >= 15 is 0 Å². The van der Waals surface area contributed by atoms with Gasteiger partial charge in [-0.15, -0.1) is 0 Å². The van der Waals surface area contributed by atoms with Crippen molar-refractivity contribution in [2.24, 2.45) is 0 Å². The normalized spacial score (nSPS) is 10.4. The van der Waals surface area contributed by atoms with Crippen LogP contribution in [0.25, 0.3) is 11.0 Å². The number of benzene rings is 1. The molecule has 1 N–H and O–H groups in total. The Morgan fingerprint density at radius 1 is 1.25 bits per heavy atom. The number of phosphoric ester groups is 1. The Bertz CT molecular complexity index is 513. The molecule has 1 aromatic carbocycles. The molecule has 0 radical (unpaired) electrons. The predicted octanol–water partition coefficient (Wildman–Crippen LogP) is -6.83. The molecule has 1 aromatic heterocycles.